The van der Waals surface area contributed by atoms with Crippen molar-refractivity contribution in [3.05, 3.63) is 170 Å². The molecule has 11 aromatic rings. The standard InChI is InChI=1S/C48H28S2/c1-2-12-29(13-3-1)45-35-17-6-8-19-37(35)46(38-20-9-7-18-36(38)45)39-24-23-31(32-14-4-5-15-33(32)39)30-22-27-44-42(28-30)41-26-25-40-34-16-10-11-21-43(34)49-47(40)48(41)50-44/h1-28H. The van der Waals surface area contributed by atoms with Crippen molar-refractivity contribution in [2.75, 3.05) is 0 Å². The predicted octanol–water partition coefficient (Wildman–Crippen LogP) is 14.9. The van der Waals surface area contributed by atoms with Crippen LogP contribution in [0.3, 0.4) is 0 Å². The fourth-order valence-electron chi connectivity index (χ4n) is 8.29. The molecule has 0 aliphatic carbocycles. The van der Waals surface area contributed by atoms with E-state index in [1.807, 2.05) is 22.7 Å². The molecule has 0 N–H and O–H groups in total. The van der Waals surface area contributed by atoms with Gasteiger partial charge in [0.05, 0.1) is 9.40 Å². The van der Waals surface area contributed by atoms with E-state index in [2.05, 4.69) is 170 Å². The minimum atomic E-state index is 1.25. The number of thiophene rings is 2. The molecule has 232 valence electrons. The highest BCUT2D eigenvalue weighted by Gasteiger charge is 2.19. The van der Waals surface area contributed by atoms with Gasteiger partial charge in [0.25, 0.3) is 0 Å². The van der Waals surface area contributed by atoms with E-state index in [4.69, 9.17) is 0 Å². The number of fused-ring (bicyclic) bond motifs is 10. The largest absolute Gasteiger partial charge is 0.134 e. The van der Waals surface area contributed by atoms with Gasteiger partial charge in [0.15, 0.2) is 0 Å². The van der Waals surface area contributed by atoms with Gasteiger partial charge >= 0.3 is 0 Å². The summed E-state index contributed by atoms with van der Waals surface area (Å²) in [6.07, 6.45) is 0. The van der Waals surface area contributed by atoms with Gasteiger partial charge < -0.3 is 0 Å². The number of benzene rings is 9. The van der Waals surface area contributed by atoms with Gasteiger partial charge in [-0.25, -0.2) is 0 Å². The van der Waals surface area contributed by atoms with Crippen molar-refractivity contribution < 1.29 is 0 Å². The van der Waals surface area contributed by atoms with Crippen LogP contribution in [0.4, 0.5) is 0 Å². The van der Waals surface area contributed by atoms with Crippen LogP contribution in [0.2, 0.25) is 0 Å². The smallest absolute Gasteiger partial charge is 0.0534 e. The van der Waals surface area contributed by atoms with E-state index in [0.29, 0.717) is 0 Å². The van der Waals surface area contributed by atoms with Crippen LogP contribution in [-0.2, 0) is 0 Å². The van der Waals surface area contributed by atoms with Crippen molar-refractivity contribution in [2.24, 2.45) is 0 Å². The summed E-state index contributed by atoms with van der Waals surface area (Å²) in [6.45, 7) is 0. The van der Waals surface area contributed by atoms with Crippen LogP contribution in [0.5, 0.6) is 0 Å². The Kier molecular flexibility index (Phi) is 6.09. The molecule has 0 nitrogen and oxygen atoms in total. The van der Waals surface area contributed by atoms with Crippen LogP contribution in [0.25, 0.3) is 106 Å². The molecule has 0 fully saturated rings. The molecule has 0 atom stereocenters. The topological polar surface area (TPSA) is 0 Å². The van der Waals surface area contributed by atoms with Crippen LogP contribution in [0.15, 0.2) is 170 Å². The summed E-state index contributed by atoms with van der Waals surface area (Å²) in [7, 11) is 0. The number of hydrogen-bond acceptors (Lipinski definition) is 2. The lowest BCUT2D eigenvalue weighted by Gasteiger charge is -2.19. The molecule has 0 aliphatic heterocycles. The Labute approximate surface area is 297 Å². The Bertz CT molecular complexity index is 3080. The third-order valence-electron chi connectivity index (χ3n) is 10.5. The van der Waals surface area contributed by atoms with Gasteiger partial charge in [-0.3, -0.25) is 0 Å². The van der Waals surface area contributed by atoms with E-state index < -0.39 is 0 Å². The van der Waals surface area contributed by atoms with Crippen molar-refractivity contribution in [1.82, 2.24) is 0 Å². The zero-order chi connectivity index (χ0) is 32.8. The maximum absolute atomic E-state index is 2.42. The summed E-state index contributed by atoms with van der Waals surface area (Å²) in [5.74, 6) is 0. The summed E-state index contributed by atoms with van der Waals surface area (Å²) in [6, 6.07) is 63.0. The second-order valence-corrected chi connectivity index (χ2v) is 15.2. The quantitative estimate of drug-likeness (QED) is 0.164. The molecule has 0 bridgehead atoms. The summed E-state index contributed by atoms with van der Waals surface area (Å²) < 4.78 is 5.49. The molecule has 11 rings (SSSR count). The molecule has 0 unspecified atom stereocenters. The fraction of sp³-hybridized carbons (Fsp3) is 0. The molecule has 2 aromatic heterocycles. The minimum Gasteiger partial charge on any atom is -0.134 e. The number of hydrogen-bond donors (Lipinski definition) is 0. The molecule has 0 aliphatic rings. The summed E-state index contributed by atoms with van der Waals surface area (Å²) in [4.78, 5) is 0. The summed E-state index contributed by atoms with van der Waals surface area (Å²) >= 11 is 3.85. The highest BCUT2D eigenvalue weighted by molar-refractivity contribution is 7.33. The highest BCUT2D eigenvalue weighted by atomic mass is 32.1. The Morgan fingerprint density at radius 2 is 0.740 bits per heavy atom. The van der Waals surface area contributed by atoms with Crippen molar-refractivity contribution in [3.8, 4) is 33.4 Å². The highest BCUT2D eigenvalue weighted by Crippen LogP contribution is 2.48. The van der Waals surface area contributed by atoms with E-state index in [-0.39, 0.29) is 0 Å². The van der Waals surface area contributed by atoms with E-state index in [9.17, 15) is 0 Å². The maximum Gasteiger partial charge on any atom is 0.0534 e. The molecular formula is C48H28S2. The lowest BCUT2D eigenvalue weighted by molar-refractivity contribution is 1.66. The van der Waals surface area contributed by atoms with Crippen molar-refractivity contribution in [2.45, 2.75) is 0 Å². The van der Waals surface area contributed by atoms with Gasteiger partial charge in [0, 0.05) is 30.9 Å². The van der Waals surface area contributed by atoms with Crippen LogP contribution < -0.4 is 0 Å². The van der Waals surface area contributed by atoms with Crippen molar-refractivity contribution >= 4 is 95.3 Å². The minimum absolute atomic E-state index is 1.25. The SMILES string of the molecule is c1ccc(-c2c3ccccc3c(-c3ccc(-c4ccc5sc6c(ccc7c8ccccc8sc76)c5c4)c4ccccc34)c3ccccc23)cc1. The van der Waals surface area contributed by atoms with Crippen LogP contribution >= 0.6 is 22.7 Å². The second kappa shape index (κ2) is 10.9. The zero-order valence-corrected chi connectivity index (χ0v) is 28.6. The van der Waals surface area contributed by atoms with Crippen LogP contribution in [0, 0.1) is 0 Å². The van der Waals surface area contributed by atoms with Gasteiger partial charge in [-0.2, -0.15) is 0 Å². The molecule has 0 spiro atoms. The summed E-state index contributed by atoms with van der Waals surface area (Å²) in [5, 5.41) is 13.1. The van der Waals surface area contributed by atoms with Gasteiger partial charge in [-0.15, -0.1) is 22.7 Å². The van der Waals surface area contributed by atoms with Crippen LogP contribution in [0.1, 0.15) is 0 Å². The normalized spacial score (nSPS) is 12.0. The third kappa shape index (κ3) is 4.04. The van der Waals surface area contributed by atoms with Gasteiger partial charge in [-0.1, -0.05) is 152 Å². The molecule has 0 saturated heterocycles. The van der Waals surface area contributed by atoms with Gasteiger partial charge in [0.2, 0.25) is 0 Å². The van der Waals surface area contributed by atoms with E-state index in [1.54, 1.807) is 0 Å². The van der Waals surface area contributed by atoms with E-state index in [1.165, 1.54) is 106 Å². The Morgan fingerprint density at radius 3 is 1.40 bits per heavy atom. The molecule has 50 heavy (non-hydrogen) atoms. The first kappa shape index (κ1) is 28.1. The van der Waals surface area contributed by atoms with Crippen LogP contribution in [-0.4, -0.2) is 0 Å². The van der Waals surface area contributed by atoms with Gasteiger partial charge in [0.1, 0.15) is 0 Å². The lowest BCUT2D eigenvalue weighted by atomic mass is 9.84. The second-order valence-electron chi connectivity index (χ2n) is 13.1. The average molecular weight is 669 g/mol. The molecule has 0 saturated carbocycles. The number of rotatable bonds is 3. The first-order chi connectivity index (χ1) is 24.8. The zero-order valence-electron chi connectivity index (χ0n) is 27.0. The van der Waals surface area contributed by atoms with Crippen molar-refractivity contribution in [1.29, 1.82) is 0 Å². The molecule has 2 heterocycles. The Hall–Kier alpha value is -5.80. The lowest BCUT2D eigenvalue weighted by Crippen LogP contribution is -1.92. The Morgan fingerprint density at radius 1 is 0.260 bits per heavy atom. The van der Waals surface area contributed by atoms with E-state index >= 15 is 0 Å². The van der Waals surface area contributed by atoms with Gasteiger partial charge in [-0.05, 0) is 83.9 Å². The molecular weight excluding hydrogens is 641 g/mol. The molecule has 2 heteroatoms. The summed E-state index contributed by atoms with van der Waals surface area (Å²) in [5.41, 5.74) is 7.63. The first-order valence-electron chi connectivity index (χ1n) is 17.1. The third-order valence-corrected chi connectivity index (χ3v) is 13.0. The van der Waals surface area contributed by atoms with Crippen molar-refractivity contribution in [3.63, 3.8) is 0 Å². The Balaban J connectivity index is 1.15. The molecule has 0 amide bonds. The average Bonchev–Trinajstić information content (AvgIpc) is 3.75. The van der Waals surface area contributed by atoms with E-state index in [0.717, 1.165) is 0 Å². The monoisotopic (exact) mass is 668 g/mol. The predicted molar refractivity (Wildman–Crippen MR) is 221 cm³/mol. The first-order valence-corrected chi connectivity index (χ1v) is 18.7. The molecule has 9 aromatic carbocycles. The maximum atomic E-state index is 2.42. The molecule has 0 radical (unpaired) electrons. The fourth-order valence-corrected chi connectivity index (χ4v) is 10.8.